The molecular weight excluding hydrogens is 232 g/mol. The van der Waals surface area contributed by atoms with Gasteiger partial charge in [0.15, 0.2) is 0 Å². The zero-order valence-electron chi connectivity index (χ0n) is 10.3. The summed E-state index contributed by atoms with van der Waals surface area (Å²) >= 11 is 0. The molecule has 4 heteroatoms. The van der Waals surface area contributed by atoms with Crippen LogP contribution in [0.25, 0.3) is 0 Å². The molecule has 1 N–H and O–H groups in total. The number of rotatable bonds is 4. The summed E-state index contributed by atoms with van der Waals surface area (Å²) in [6.07, 6.45) is 0.176. The van der Waals surface area contributed by atoms with Crippen molar-refractivity contribution in [1.82, 2.24) is 0 Å². The highest BCUT2D eigenvalue weighted by molar-refractivity contribution is 5.45. The minimum Gasteiger partial charge on any atom is -0.497 e. The molecule has 1 aliphatic rings. The predicted octanol–water partition coefficient (Wildman–Crippen LogP) is 0.954. The van der Waals surface area contributed by atoms with Crippen molar-refractivity contribution in [3.05, 3.63) is 29.3 Å². The fourth-order valence-corrected chi connectivity index (χ4v) is 1.59. The third-order valence-corrected chi connectivity index (χ3v) is 2.70. The van der Waals surface area contributed by atoms with Gasteiger partial charge in [-0.15, -0.1) is 0 Å². The number of aliphatic hydroxyl groups is 1. The van der Waals surface area contributed by atoms with Gasteiger partial charge in [0.1, 0.15) is 18.5 Å². The third kappa shape index (κ3) is 3.23. The van der Waals surface area contributed by atoms with E-state index in [1.54, 1.807) is 7.11 Å². The number of methoxy groups -OCH3 is 1. The molecule has 18 heavy (non-hydrogen) atoms. The summed E-state index contributed by atoms with van der Waals surface area (Å²) in [6, 6.07) is 5.62. The molecule has 0 radical (unpaired) electrons. The van der Waals surface area contributed by atoms with Crippen molar-refractivity contribution in [2.45, 2.75) is 12.7 Å². The van der Waals surface area contributed by atoms with E-state index < -0.39 is 0 Å². The molecule has 0 amide bonds. The molecule has 0 aromatic heterocycles. The molecule has 2 rings (SSSR count). The molecule has 0 saturated carbocycles. The maximum Gasteiger partial charge on any atom is 0.119 e. The molecule has 1 saturated heterocycles. The van der Waals surface area contributed by atoms with Crippen molar-refractivity contribution in [1.29, 1.82) is 0 Å². The summed E-state index contributed by atoms with van der Waals surface area (Å²) in [5.74, 6) is 6.32. The van der Waals surface area contributed by atoms with Crippen LogP contribution in [0.3, 0.4) is 0 Å². The van der Waals surface area contributed by atoms with E-state index >= 15 is 0 Å². The second-order valence-corrected chi connectivity index (χ2v) is 3.95. The Morgan fingerprint density at radius 1 is 1.44 bits per heavy atom. The van der Waals surface area contributed by atoms with Gasteiger partial charge in [-0.1, -0.05) is 11.8 Å². The Kier molecular flexibility index (Phi) is 4.59. The molecule has 1 aliphatic heterocycles. The molecule has 0 bridgehead atoms. The number of ether oxygens (including phenoxy) is 3. The monoisotopic (exact) mass is 248 g/mol. The molecule has 1 aromatic rings. The summed E-state index contributed by atoms with van der Waals surface area (Å²) in [5, 5.41) is 8.74. The fraction of sp³-hybridized carbons (Fsp3) is 0.429. The quantitative estimate of drug-likeness (QED) is 0.806. The Labute approximate surface area is 106 Å². The second kappa shape index (κ2) is 6.41. The normalized spacial score (nSPS) is 14.6. The van der Waals surface area contributed by atoms with E-state index in [-0.39, 0.29) is 12.7 Å². The van der Waals surface area contributed by atoms with E-state index in [1.807, 2.05) is 18.2 Å². The van der Waals surface area contributed by atoms with Gasteiger partial charge in [0.25, 0.3) is 0 Å². The number of benzene rings is 1. The maximum atomic E-state index is 8.74. The lowest BCUT2D eigenvalue weighted by atomic mass is 10.1. The molecular formula is C14H16O4. The molecule has 0 unspecified atom stereocenters. The summed E-state index contributed by atoms with van der Waals surface area (Å²) < 4.78 is 15.9. The van der Waals surface area contributed by atoms with Crippen LogP contribution in [-0.4, -0.2) is 38.1 Å². The van der Waals surface area contributed by atoms with Gasteiger partial charge in [0.2, 0.25) is 0 Å². The summed E-state index contributed by atoms with van der Waals surface area (Å²) in [4.78, 5) is 0. The summed E-state index contributed by atoms with van der Waals surface area (Å²) in [6.45, 7) is 1.63. The van der Waals surface area contributed by atoms with Crippen molar-refractivity contribution < 1.29 is 19.3 Å². The van der Waals surface area contributed by atoms with Crippen LogP contribution in [0.15, 0.2) is 18.2 Å². The standard InChI is InChI=1S/C14H16O4/c1-16-13-5-4-11(3-2-6-15)12(7-13)8-18-14-9-17-10-14/h4-5,7,14-15H,6,8-10H2,1H3. The Morgan fingerprint density at radius 2 is 2.28 bits per heavy atom. The maximum absolute atomic E-state index is 8.74. The van der Waals surface area contributed by atoms with Crippen LogP contribution in [0.1, 0.15) is 11.1 Å². The average Bonchev–Trinajstić information content (AvgIpc) is 2.35. The van der Waals surface area contributed by atoms with Crippen LogP contribution in [0.5, 0.6) is 5.75 Å². The number of aliphatic hydroxyl groups excluding tert-OH is 1. The lowest BCUT2D eigenvalue weighted by molar-refractivity contribution is -0.135. The number of hydrogen-bond donors (Lipinski definition) is 1. The fourth-order valence-electron chi connectivity index (χ4n) is 1.59. The van der Waals surface area contributed by atoms with E-state index in [0.717, 1.165) is 16.9 Å². The highest BCUT2D eigenvalue weighted by Crippen LogP contribution is 2.19. The topological polar surface area (TPSA) is 47.9 Å². The van der Waals surface area contributed by atoms with Gasteiger partial charge in [0.05, 0.1) is 26.9 Å². The van der Waals surface area contributed by atoms with Crippen LogP contribution >= 0.6 is 0 Å². The van der Waals surface area contributed by atoms with Crippen molar-refractivity contribution in [2.75, 3.05) is 26.9 Å². The van der Waals surface area contributed by atoms with E-state index in [9.17, 15) is 0 Å². The lowest BCUT2D eigenvalue weighted by Crippen LogP contribution is -2.35. The summed E-state index contributed by atoms with van der Waals surface area (Å²) in [5.41, 5.74) is 1.81. The molecule has 0 aliphatic carbocycles. The van der Waals surface area contributed by atoms with Gasteiger partial charge in [-0.2, -0.15) is 0 Å². The van der Waals surface area contributed by atoms with Crippen LogP contribution in [-0.2, 0) is 16.1 Å². The number of hydrogen-bond acceptors (Lipinski definition) is 4. The average molecular weight is 248 g/mol. The Bertz CT molecular complexity index is 455. The Morgan fingerprint density at radius 3 is 2.89 bits per heavy atom. The van der Waals surface area contributed by atoms with Crippen LogP contribution in [0, 0.1) is 11.8 Å². The summed E-state index contributed by atoms with van der Waals surface area (Å²) in [7, 11) is 1.62. The first-order valence-corrected chi connectivity index (χ1v) is 5.79. The predicted molar refractivity (Wildman–Crippen MR) is 66.4 cm³/mol. The first-order valence-electron chi connectivity index (χ1n) is 5.79. The van der Waals surface area contributed by atoms with E-state index in [1.165, 1.54) is 0 Å². The zero-order valence-corrected chi connectivity index (χ0v) is 10.3. The molecule has 4 nitrogen and oxygen atoms in total. The van der Waals surface area contributed by atoms with Crippen molar-refractivity contribution in [3.8, 4) is 17.6 Å². The minimum absolute atomic E-state index is 0.150. The molecule has 96 valence electrons. The molecule has 0 spiro atoms. The van der Waals surface area contributed by atoms with Crippen molar-refractivity contribution in [3.63, 3.8) is 0 Å². The Hall–Kier alpha value is -1.54. The first kappa shape index (κ1) is 12.9. The van der Waals surface area contributed by atoms with E-state index in [0.29, 0.717) is 19.8 Å². The largest absolute Gasteiger partial charge is 0.497 e. The highest BCUT2D eigenvalue weighted by atomic mass is 16.6. The SMILES string of the molecule is COc1ccc(C#CCO)c(COC2COC2)c1. The third-order valence-electron chi connectivity index (χ3n) is 2.70. The minimum atomic E-state index is -0.150. The van der Waals surface area contributed by atoms with Crippen molar-refractivity contribution in [2.24, 2.45) is 0 Å². The van der Waals surface area contributed by atoms with Gasteiger partial charge >= 0.3 is 0 Å². The van der Waals surface area contributed by atoms with Crippen LogP contribution in [0.4, 0.5) is 0 Å². The van der Waals surface area contributed by atoms with E-state index in [2.05, 4.69) is 11.8 Å². The second-order valence-electron chi connectivity index (χ2n) is 3.95. The highest BCUT2D eigenvalue weighted by Gasteiger charge is 2.19. The van der Waals surface area contributed by atoms with Gasteiger partial charge < -0.3 is 19.3 Å². The molecule has 0 atom stereocenters. The van der Waals surface area contributed by atoms with Gasteiger partial charge in [-0.3, -0.25) is 0 Å². The van der Waals surface area contributed by atoms with Crippen LogP contribution in [0.2, 0.25) is 0 Å². The van der Waals surface area contributed by atoms with Gasteiger partial charge in [0, 0.05) is 5.56 Å². The van der Waals surface area contributed by atoms with Gasteiger partial charge in [-0.05, 0) is 23.8 Å². The van der Waals surface area contributed by atoms with Gasteiger partial charge in [-0.25, -0.2) is 0 Å². The Balaban J connectivity index is 2.11. The molecule has 1 fully saturated rings. The van der Waals surface area contributed by atoms with Crippen LogP contribution < -0.4 is 4.74 Å². The van der Waals surface area contributed by atoms with E-state index in [4.69, 9.17) is 19.3 Å². The first-order chi connectivity index (χ1) is 8.83. The zero-order chi connectivity index (χ0) is 12.8. The molecule has 1 heterocycles. The smallest absolute Gasteiger partial charge is 0.119 e. The lowest BCUT2D eigenvalue weighted by Gasteiger charge is -2.26. The molecule has 1 aromatic carbocycles. The van der Waals surface area contributed by atoms with Crippen molar-refractivity contribution >= 4 is 0 Å².